The van der Waals surface area contributed by atoms with Crippen molar-refractivity contribution in [3.63, 3.8) is 0 Å². The predicted octanol–water partition coefficient (Wildman–Crippen LogP) is 3.56. The van der Waals surface area contributed by atoms with Gasteiger partial charge >= 0.3 is 12.1 Å². The number of rotatable bonds is 6. The minimum Gasteiger partial charge on any atom is -0.497 e. The van der Waals surface area contributed by atoms with Crippen LogP contribution in [0.4, 0.5) is 21.0 Å². The number of hydrogen-bond acceptors (Lipinski definition) is 4. The van der Waals surface area contributed by atoms with Crippen LogP contribution < -0.4 is 20.3 Å². The number of carbonyl (C=O) groups is 2. The summed E-state index contributed by atoms with van der Waals surface area (Å²) in [5, 5.41) is 15.7. The van der Waals surface area contributed by atoms with Gasteiger partial charge in [-0.2, -0.15) is 0 Å². The van der Waals surface area contributed by atoms with E-state index in [2.05, 4.69) is 10.6 Å². The molecule has 3 N–H and O–H groups in total. The quantitative estimate of drug-likeness (QED) is 0.643. The number of urea groups is 2. The van der Waals surface area contributed by atoms with Crippen molar-refractivity contribution in [2.75, 3.05) is 30.4 Å². The number of hydrogen-bond donors (Lipinski definition) is 3. The normalized spacial score (nSPS) is 20.6. The van der Waals surface area contributed by atoms with Crippen LogP contribution in [0, 0.1) is 0 Å². The third-order valence-corrected chi connectivity index (χ3v) is 6.12. The van der Waals surface area contributed by atoms with Crippen molar-refractivity contribution in [3.8, 4) is 5.75 Å². The standard InChI is InChI=1S/C24H30N4O4/c1-32-22-7-2-4-17(14-22)16-28(19-8-10-21(29)11-9-19)24(31)26-18-5-3-6-20(15-18)27-13-12-25-23(27)30/h2-7,14-15,19,21,29H,8-13,16H2,1H3,(H,25,30)(H,26,31). The average molecular weight is 439 g/mol. The van der Waals surface area contributed by atoms with Gasteiger partial charge in [-0.1, -0.05) is 18.2 Å². The lowest BCUT2D eigenvalue weighted by Crippen LogP contribution is -2.44. The molecule has 1 saturated carbocycles. The van der Waals surface area contributed by atoms with Crippen molar-refractivity contribution < 1.29 is 19.4 Å². The molecule has 2 aliphatic rings. The van der Waals surface area contributed by atoms with Gasteiger partial charge in [0, 0.05) is 37.1 Å². The molecule has 2 aromatic rings. The number of nitrogens with one attached hydrogen (secondary N) is 2. The number of nitrogens with zero attached hydrogens (tertiary/aromatic N) is 2. The van der Waals surface area contributed by atoms with E-state index in [9.17, 15) is 14.7 Å². The number of aliphatic hydroxyl groups excluding tert-OH is 1. The molecule has 0 bridgehead atoms. The molecule has 0 radical (unpaired) electrons. The van der Waals surface area contributed by atoms with E-state index in [0.717, 1.165) is 29.8 Å². The van der Waals surface area contributed by atoms with Gasteiger partial charge in [-0.3, -0.25) is 4.90 Å². The number of anilines is 2. The summed E-state index contributed by atoms with van der Waals surface area (Å²) < 4.78 is 5.33. The number of methoxy groups -OCH3 is 1. The van der Waals surface area contributed by atoms with Crippen molar-refractivity contribution in [2.45, 2.75) is 44.4 Å². The smallest absolute Gasteiger partial charge is 0.322 e. The minimum absolute atomic E-state index is 0.0390. The summed E-state index contributed by atoms with van der Waals surface area (Å²) >= 11 is 0. The second kappa shape index (κ2) is 9.91. The molecule has 8 nitrogen and oxygen atoms in total. The van der Waals surface area contributed by atoms with Crippen LogP contribution in [0.2, 0.25) is 0 Å². The molecule has 32 heavy (non-hydrogen) atoms. The highest BCUT2D eigenvalue weighted by molar-refractivity contribution is 5.95. The van der Waals surface area contributed by atoms with Crippen LogP contribution in [0.15, 0.2) is 48.5 Å². The summed E-state index contributed by atoms with van der Waals surface area (Å²) in [7, 11) is 1.62. The van der Waals surface area contributed by atoms with Crippen molar-refractivity contribution in [3.05, 3.63) is 54.1 Å². The zero-order valence-corrected chi connectivity index (χ0v) is 18.3. The molecule has 0 atom stereocenters. The maximum absolute atomic E-state index is 13.4. The molecule has 0 aromatic heterocycles. The lowest BCUT2D eigenvalue weighted by molar-refractivity contribution is 0.0849. The first-order valence-electron chi connectivity index (χ1n) is 11.1. The summed E-state index contributed by atoms with van der Waals surface area (Å²) in [4.78, 5) is 28.9. The monoisotopic (exact) mass is 438 g/mol. The molecule has 4 amide bonds. The first-order chi connectivity index (χ1) is 15.5. The molecule has 1 saturated heterocycles. The fraction of sp³-hybridized carbons (Fsp3) is 0.417. The highest BCUT2D eigenvalue weighted by Gasteiger charge is 2.29. The minimum atomic E-state index is -0.295. The highest BCUT2D eigenvalue weighted by atomic mass is 16.5. The molecular formula is C24H30N4O4. The van der Waals surface area contributed by atoms with Crippen molar-refractivity contribution in [2.24, 2.45) is 0 Å². The largest absolute Gasteiger partial charge is 0.497 e. The Labute approximate surface area is 188 Å². The maximum Gasteiger partial charge on any atom is 0.322 e. The predicted molar refractivity (Wildman–Crippen MR) is 123 cm³/mol. The van der Waals surface area contributed by atoms with Crippen LogP contribution in [0.1, 0.15) is 31.2 Å². The topological polar surface area (TPSA) is 94.1 Å². The summed E-state index contributed by atoms with van der Waals surface area (Å²) in [6.45, 7) is 1.65. The molecular weight excluding hydrogens is 408 g/mol. The number of benzene rings is 2. The molecule has 1 aliphatic carbocycles. The molecule has 1 heterocycles. The Morgan fingerprint density at radius 2 is 1.97 bits per heavy atom. The number of ether oxygens (including phenoxy) is 1. The number of aliphatic hydroxyl groups is 1. The number of amides is 4. The molecule has 170 valence electrons. The maximum atomic E-state index is 13.4. The second-order valence-electron chi connectivity index (χ2n) is 8.31. The molecule has 0 spiro atoms. The average Bonchev–Trinajstić information content (AvgIpc) is 3.24. The van der Waals surface area contributed by atoms with Gasteiger partial charge in [-0.15, -0.1) is 0 Å². The Hall–Kier alpha value is -3.26. The van der Waals surface area contributed by atoms with Crippen molar-refractivity contribution in [1.82, 2.24) is 10.2 Å². The van der Waals surface area contributed by atoms with Gasteiger partial charge in [0.05, 0.1) is 13.2 Å². The van der Waals surface area contributed by atoms with E-state index in [0.29, 0.717) is 38.2 Å². The summed E-state index contributed by atoms with van der Waals surface area (Å²) in [6.07, 6.45) is 2.59. The van der Waals surface area contributed by atoms with Crippen LogP contribution in [0.3, 0.4) is 0 Å². The van der Waals surface area contributed by atoms with Crippen LogP contribution >= 0.6 is 0 Å². The van der Waals surface area contributed by atoms with E-state index in [1.54, 1.807) is 12.0 Å². The van der Waals surface area contributed by atoms with Gasteiger partial charge in [-0.05, 0) is 61.6 Å². The summed E-state index contributed by atoms with van der Waals surface area (Å²) in [5.74, 6) is 0.749. The van der Waals surface area contributed by atoms with Gasteiger partial charge in [0.1, 0.15) is 5.75 Å². The highest BCUT2D eigenvalue weighted by Crippen LogP contribution is 2.27. The molecule has 1 aliphatic heterocycles. The lowest BCUT2D eigenvalue weighted by Gasteiger charge is -2.36. The van der Waals surface area contributed by atoms with Crippen molar-refractivity contribution in [1.29, 1.82) is 0 Å². The van der Waals surface area contributed by atoms with Crippen LogP contribution in [-0.4, -0.2) is 54.4 Å². The van der Waals surface area contributed by atoms with E-state index in [-0.39, 0.29) is 24.2 Å². The van der Waals surface area contributed by atoms with E-state index in [4.69, 9.17) is 4.74 Å². The zero-order valence-electron chi connectivity index (χ0n) is 18.3. The second-order valence-corrected chi connectivity index (χ2v) is 8.31. The molecule has 2 fully saturated rings. The Kier molecular flexibility index (Phi) is 6.80. The van der Waals surface area contributed by atoms with Crippen LogP contribution in [-0.2, 0) is 6.54 Å². The third-order valence-electron chi connectivity index (χ3n) is 6.12. The molecule has 0 unspecified atom stereocenters. The Morgan fingerprint density at radius 3 is 2.69 bits per heavy atom. The molecule has 8 heteroatoms. The Morgan fingerprint density at radius 1 is 1.19 bits per heavy atom. The summed E-state index contributed by atoms with van der Waals surface area (Å²) in [5.41, 5.74) is 2.37. The van der Waals surface area contributed by atoms with E-state index < -0.39 is 0 Å². The van der Waals surface area contributed by atoms with Gasteiger partial charge < -0.3 is 25.4 Å². The molecule has 2 aromatic carbocycles. The van der Waals surface area contributed by atoms with Gasteiger partial charge in [-0.25, -0.2) is 9.59 Å². The molecule has 4 rings (SSSR count). The fourth-order valence-corrected chi connectivity index (χ4v) is 4.37. The fourth-order valence-electron chi connectivity index (χ4n) is 4.37. The Balaban J connectivity index is 1.52. The zero-order chi connectivity index (χ0) is 22.5. The third kappa shape index (κ3) is 5.13. The van der Waals surface area contributed by atoms with E-state index in [1.807, 2.05) is 53.4 Å². The van der Waals surface area contributed by atoms with Gasteiger partial charge in [0.2, 0.25) is 0 Å². The first kappa shape index (κ1) is 22.0. The van der Waals surface area contributed by atoms with E-state index >= 15 is 0 Å². The van der Waals surface area contributed by atoms with E-state index in [1.165, 1.54) is 0 Å². The van der Waals surface area contributed by atoms with Gasteiger partial charge in [0.15, 0.2) is 0 Å². The summed E-state index contributed by atoms with van der Waals surface area (Å²) in [6, 6.07) is 14.8. The van der Waals surface area contributed by atoms with Gasteiger partial charge in [0.25, 0.3) is 0 Å². The van der Waals surface area contributed by atoms with Crippen LogP contribution in [0.25, 0.3) is 0 Å². The number of carbonyl (C=O) groups excluding carboxylic acids is 2. The van der Waals surface area contributed by atoms with Crippen LogP contribution in [0.5, 0.6) is 5.75 Å². The Bertz CT molecular complexity index is 959. The van der Waals surface area contributed by atoms with Crippen molar-refractivity contribution >= 4 is 23.4 Å². The first-order valence-corrected chi connectivity index (χ1v) is 11.1. The SMILES string of the molecule is COc1cccc(CN(C(=O)Nc2cccc(N3CCNC3=O)c2)C2CCC(O)CC2)c1. The lowest BCUT2D eigenvalue weighted by atomic mass is 9.92.